The maximum Gasteiger partial charge on any atom is 0.224 e. The van der Waals surface area contributed by atoms with Gasteiger partial charge in [0.2, 0.25) is 11.8 Å². The molecular formula is C23H31N5O2. The van der Waals surface area contributed by atoms with Gasteiger partial charge in [-0.25, -0.2) is 0 Å². The molecule has 2 amide bonds. The SMILES string of the molecule is Cc1nn(CCC(=O)N2C[C@@H](c3cccnc3)[C@@]3(CCCCC(=O)N3)C2)c(C)c1C. The van der Waals surface area contributed by atoms with E-state index in [1.807, 2.05) is 35.7 Å². The van der Waals surface area contributed by atoms with Gasteiger partial charge in [0.05, 0.1) is 11.2 Å². The standard InChI is InChI=1S/C23H31N5O2/c1-16-17(2)26-28(18(16)3)12-9-22(30)27-14-20(19-7-6-11-24-13-19)23(15-27)10-5-4-8-21(29)25-23/h6-7,11,13,20H,4-5,8-10,12,14-15H2,1-3H3,(H,25,29)/t20-,23+/m0/s1. The largest absolute Gasteiger partial charge is 0.348 e. The molecular weight excluding hydrogens is 378 g/mol. The molecule has 0 aromatic carbocycles. The first-order chi connectivity index (χ1) is 14.4. The van der Waals surface area contributed by atoms with E-state index in [0.717, 1.165) is 36.2 Å². The quantitative estimate of drug-likeness (QED) is 0.842. The summed E-state index contributed by atoms with van der Waals surface area (Å²) in [6.07, 6.45) is 7.38. The average molecular weight is 410 g/mol. The summed E-state index contributed by atoms with van der Waals surface area (Å²) in [4.78, 5) is 31.8. The minimum atomic E-state index is -0.402. The zero-order valence-electron chi connectivity index (χ0n) is 18.1. The van der Waals surface area contributed by atoms with Gasteiger partial charge >= 0.3 is 0 Å². The molecule has 0 radical (unpaired) electrons. The van der Waals surface area contributed by atoms with Gasteiger partial charge in [0.25, 0.3) is 0 Å². The third-order valence-corrected chi connectivity index (χ3v) is 6.93. The zero-order chi connectivity index (χ0) is 21.3. The van der Waals surface area contributed by atoms with E-state index in [-0.39, 0.29) is 17.7 Å². The number of likely N-dealkylation sites (tertiary alicyclic amines) is 1. The Hall–Kier alpha value is -2.70. The summed E-state index contributed by atoms with van der Waals surface area (Å²) in [5.74, 6) is 0.270. The van der Waals surface area contributed by atoms with Crippen molar-refractivity contribution in [3.05, 3.63) is 47.0 Å². The molecule has 7 nitrogen and oxygen atoms in total. The Kier molecular flexibility index (Phi) is 5.62. The molecule has 0 bridgehead atoms. The lowest BCUT2D eigenvalue weighted by Gasteiger charge is -2.34. The molecule has 2 aliphatic heterocycles. The van der Waals surface area contributed by atoms with E-state index in [4.69, 9.17) is 0 Å². The van der Waals surface area contributed by atoms with Crippen molar-refractivity contribution in [1.82, 2.24) is 25.0 Å². The van der Waals surface area contributed by atoms with E-state index < -0.39 is 5.54 Å². The number of aromatic nitrogens is 3. The van der Waals surface area contributed by atoms with Crippen LogP contribution >= 0.6 is 0 Å². The Labute approximate surface area is 177 Å². The van der Waals surface area contributed by atoms with E-state index in [9.17, 15) is 9.59 Å². The lowest BCUT2D eigenvalue weighted by atomic mass is 9.79. The lowest BCUT2D eigenvalue weighted by Crippen LogP contribution is -2.52. The number of pyridine rings is 1. The van der Waals surface area contributed by atoms with Crippen LogP contribution in [-0.4, -0.2) is 50.1 Å². The summed E-state index contributed by atoms with van der Waals surface area (Å²) >= 11 is 0. The lowest BCUT2D eigenvalue weighted by molar-refractivity contribution is -0.131. The van der Waals surface area contributed by atoms with Crippen molar-refractivity contribution in [2.24, 2.45) is 0 Å². The second-order valence-corrected chi connectivity index (χ2v) is 8.79. The Morgan fingerprint density at radius 1 is 1.30 bits per heavy atom. The van der Waals surface area contributed by atoms with Gasteiger partial charge in [0.1, 0.15) is 0 Å². The maximum absolute atomic E-state index is 13.1. The van der Waals surface area contributed by atoms with Gasteiger partial charge in [-0.05, 0) is 50.8 Å². The Morgan fingerprint density at radius 3 is 2.83 bits per heavy atom. The van der Waals surface area contributed by atoms with Crippen molar-refractivity contribution < 1.29 is 9.59 Å². The highest BCUT2D eigenvalue weighted by molar-refractivity contribution is 5.79. The highest BCUT2D eigenvalue weighted by Crippen LogP contribution is 2.40. The van der Waals surface area contributed by atoms with Gasteiger partial charge in [-0.2, -0.15) is 5.10 Å². The van der Waals surface area contributed by atoms with E-state index >= 15 is 0 Å². The monoisotopic (exact) mass is 409 g/mol. The molecule has 30 heavy (non-hydrogen) atoms. The molecule has 4 rings (SSSR count). The van der Waals surface area contributed by atoms with Crippen molar-refractivity contribution in [3.8, 4) is 0 Å². The average Bonchev–Trinajstić information content (AvgIpc) is 3.14. The molecule has 2 saturated heterocycles. The van der Waals surface area contributed by atoms with Crippen LogP contribution in [0.2, 0.25) is 0 Å². The second kappa shape index (κ2) is 8.20. The minimum Gasteiger partial charge on any atom is -0.348 e. The van der Waals surface area contributed by atoms with Crippen LogP contribution in [-0.2, 0) is 16.1 Å². The predicted octanol–water partition coefficient (Wildman–Crippen LogP) is 2.65. The Balaban J connectivity index is 1.53. The number of carbonyl (C=O) groups is 2. The van der Waals surface area contributed by atoms with Crippen molar-refractivity contribution in [3.63, 3.8) is 0 Å². The van der Waals surface area contributed by atoms with Gasteiger partial charge in [0, 0.05) is 56.5 Å². The number of carbonyl (C=O) groups excluding carboxylic acids is 2. The van der Waals surface area contributed by atoms with Gasteiger partial charge in [-0.15, -0.1) is 0 Å². The van der Waals surface area contributed by atoms with Crippen molar-refractivity contribution in [2.45, 2.75) is 70.9 Å². The molecule has 2 aromatic heterocycles. The van der Waals surface area contributed by atoms with Crippen LogP contribution in [0.4, 0.5) is 0 Å². The fourth-order valence-electron chi connectivity index (χ4n) is 4.98. The second-order valence-electron chi connectivity index (χ2n) is 8.79. The van der Waals surface area contributed by atoms with Gasteiger partial charge in [-0.3, -0.25) is 19.3 Å². The molecule has 0 aliphatic carbocycles. The molecule has 1 N–H and O–H groups in total. The Morgan fingerprint density at radius 2 is 2.13 bits per heavy atom. The topological polar surface area (TPSA) is 80.1 Å². The van der Waals surface area contributed by atoms with Crippen LogP contribution in [0.25, 0.3) is 0 Å². The molecule has 7 heteroatoms. The van der Waals surface area contributed by atoms with Crippen LogP contribution in [0, 0.1) is 20.8 Å². The number of hydrogen-bond acceptors (Lipinski definition) is 4. The molecule has 2 aliphatic rings. The first kappa shape index (κ1) is 20.6. The molecule has 1 spiro atoms. The zero-order valence-corrected chi connectivity index (χ0v) is 18.1. The van der Waals surface area contributed by atoms with Crippen LogP contribution in [0.3, 0.4) is 0 Å². The first-order valence-electron chi connectivity index (χ1n) is 10.9. The summed E-state index contributed by atoms with van der Waals surface area (Å²) in [7, 11) is 0. The smallest absolute Gasteiger partial charge is 0.224 e. The molecule has 160 valence electrons. The highest BCUT2D eigenvalue weighted by atomic mass is 16.2. The summed E-state index contributed by atoms with van der Waals surface area (Å²) in [5.41, 5.74) is 3.99. The molecule has 2 fully saturated rings. The summed E-state index contributed by atoms with van der Waals surface area (Å²) in [6, 6.07) is 3.99. The number of aryl methyl sites for hydroxylation is 2. The van der Waals surface area contributed by atoms with Gasteiger partial charge in [0.15, 0.2) is 0 Å². The van der Waals surface area contributed by atoms with Crippen molar-refractivity contribution >= 4 is 11.8 Å². The van der Waals surface area contributed by atoms with E-state index in [1.165, 1.54) is 5.56 Å². The number of nitrogens with zero attached hydrogens (tertiary/aromatic N) is 4. The summed E-state index contributed by atoms with van der Waals surface area (Å²) in [6.45, 7) is 7.86. The molecule has 4 heterocycles. The minimum absolute atomic E-state index is 0.0631. The van der Waals surface area contributed by atoms with Crippen LogP contribution in [0.1, 0.15) is 60.5 Å². The normalized spacial score (nSPS) is 24.2. The number of nitrogens with one attached hydrogen (secondary N) is 1. The number of amides is 2. The molecule has 0 saturated carbocycles. The first-order valence-corrected chi connectivity index (χ1v) is 10.9. The predicted molar refractivity (Wildman–Crippen MR) is 114 cm³/mol. The molecule has 0 unspecified atom stereocenters. The fraction of sp³-hybridized carbons (Fsp3) is 0.565. The van der Waals surface area contributed by atoms with Crippen molar-refractivity contribution in [1.29, 1.82) is 0 Å². The van der Waals surface area contributed by atoms with E-state index in [2.05, 4.69) is 28.4 Å². The third-order valence-electron chi connectivity index (χ3n) is 6.93. The fourth-order valence-corrected chi connectivity index (χ4v) is 4.98. The maximum atomic E-state index is 13.1. The third kappa shape index (κ3) is 3.85. The number of rotatable bonds is 4. The molecule has 2 aromatic rings. The van der Waals surface area contributed by atoms with Crippen LogP contribution < -0.4 is 5.32 Å². The van der Waals surface area contributed by atoms with Crippen LogP contribution in [0.5, 0.6) is 0 Å². The van der Waals surface area contributed by atoms with Crippen molar-refractivity contribution in [2.75, 3.05) is 13.1 Å². The Bertz CT molecular complexity index is 939. The van der Waals surface area contributed by atoms with E-state index in [1.54, 1.807) is 6.20 Å². The molecule has 2 atom stereocenters. The van der Waals surface area contributed by atoms with Gasteiger partial charge < -0.3 is 10.2 Å². The van der Waals surface area contributed by atoms with Gasteiger partial charge in [-0.1, -0.05) is 12.5 Å². The number of hydrogen-bond donors (Lipinski definition) is 1. The van der Waals surface area contributed by atoms with Crippen LogP contribution in [0.15, 0.2) is 24.5 Å². The summed E-state index contributed by atoms with van der Waals surface area (Å²) < 4.78 is 1.93. The van der Waals surface area contributed by atoms with E-state index in [0.29, 0.717) is 32.5 Å². The highest BCUT2D eigenvalue weighted by Gasteiger charge is 2.49. The summed E-state index contributed by atoms with van der Waals surface area (Å²) in [5, 5.41) is 7.86.